The van der Waals surface area contributed by atoms with Crippen molar-refractivity contribution in [2.45, 2.75) is 19.4 Å². The summed E-state index contributed by atoms with van der Waals surface area (Å²) in [4.78, 5) is 33.0. The van der Waals surface area contributed by atoms with Crippen LogP contribution in [0.5, 0.6) is 0 Å². The highest BCUT2D eigenvalue weighted by Gasteiger charge is 2.19. The SMILES string of the molecule is Cc1cccc(Cl)c1C(=O)NC(CCN(C)C)c1ccc(Cl)cc1.O=C(O)C(=O)O. The molecule has 9 heteroatoms. The number of hydrogen-bond donors (Lipinski definition) is 3. The molecule has 3 N–H and O–H groups in total. The number of rotatable bonds is 6. The van der Waals surface area contributed by atoms with Crippen molar-refractivity contribution in [2.75, 3.05) is 20.6 Å². The summed E-state index contributed by atoms with van der Waals surface area (Å²) in [6, 6.07) is 12.9. The molecule has 0 bridgehead atoms. The van der Waals surface area contributed by atoms with E-state index in [2.05, 4.69) is 10.2 Å². The van der Waals surface area contributed by atoms with Crippen LogP contribution in [0.1, 0.15) is 33.9 Å². The van der Waals surface area contributed by atoms with Crippen molar-refractivity contribution in [2.24, 2.45) is 0 Å². The molecule has 0 aromatic heterocycles. The summed E-state index contributed by atoms with van der Waals surface area (Å²) in [5.74, 6) is -3.80. The Hall–Kier alpha value is -2.61. The van der Waals surface area contributed by atoms with Crippen molar-refractivity contribution >= 4 is 41.0 Å². The molecule has 2 aromatic carbocycles. The van der Waals surface area contributed by atoms with Crippen LogP contribution in [0.15, 0.2) is 42.5 Å². The number of halogens is 2. The molecule has 0 saturated heterocycles. The number of carbonyl (C=O) groups is 3. The van der Waals surface area contributed by atoms with E-state index >= 15 is 0 Å². The van der Waals surface area contributed by atoms with Crippen molar-refractivity contribution in [3.63, 3.8) is 0 Å². The maximum atomic E-state index is 12.7. The second-order valence-corrected chi connectivity index (χ2v) is 7.56. The number of amides is 1. The third-order valence-electron chi connectivity index (χ3n) is 4.07. The summed E-state index contributed by atoms with van der Waals surface area (Å²) in [5.41, 5.74) is 2.42. The average molecular weight is 455 g/mol. The molecule has 0 spiro atoms. The summed E-state index contributed by atoms with van der Waals surface area (Å²) in [6.07, 6.45) is 0.796. The largest absolute Gasteiger partial charge is 0.473 e. The van der Waals surface area contributed by atoms with Gasteiger partial charge in [0.1, 0.15) is 0 Å². The molecule has 1 unspecified atom stereocenters. The molecular weight excluding hydrogens is 431 g/mol. The van der Waals surface area contributed by atoms with Crippen molar-refractivity contribution in [1.29, 1.82) is 0 Å². The van der Waals surface area contributed by atoms with E-state index < -0.39 is 11.9 Å². The Kier molecular flexibility index (Phi) is 10.3. The number of hydrogen-bond acceptors (Lipinski definition) is 4. The molecule has 0 radical (unpaired) electrons. The Morgan fingerprint density at radius 3 is 2.03 bits per heavy atom. The van der Waals surface area contributed by atoms with Crippen LogP contribution in [-0.4, -0.2) is 53.6 Å². The lowest BCUT2D eigenvalue weighted by atomic mass is 10.0. The molecule has 30 heavy (non-hydrogen) atoms. The smallest absolute Gasteiger partial charge is 0.414 e. The second kappa shape index (κ2) is 12.2. The first-order chi connectivity index (χ1) is 14.0. The number of carboxylic acid groups (broad SMARTS) is 2. The van der Waals surface area contributed by atoms with E-state index in [4.69, 9.17) is 43.0 Å². The number of nitrogens with zero attached hydrogens (tertiary/aromatic N) is 1. The molecular formula is C21H24Cl2N2O5. The Balaban J connectivity index is 0.000000656. The fraction of sp³-hybridized carbons (Fsp3) is 0.286. The van der Waals surface area contributed by atoms with Crippen LogP contribution in [0.2, 0.25) is 10.0 Å². The molecule has 7 nitrogen and oxygen atoms in total. The zero-order valence-electron chi connectivity index (χ0n) is 16.9. The van der Waals surface area contributed by atoms with Gasteiger partial charge in [-0.1, -0.05) is 47.5 Å². The number of carboxylic acids is 2. The van der Waals surface area contributed by atoms with E-state index in [0.717, 1.165) is 24.1 Å². The summed E-state index contributed by atoms with van der Waals surface area (Å²) >= 11 is 12.2. The molecule has 2 aromatic rings. The van der Waals surface area contributed by atoms with Crippen molar-refractivity contribution in [3.05, 3.63) is 69.2 Å². The molecule has 0 aliphatic carbocycles. The highest BCUT2D eigenvalue weighted by molar-refractivity contribution is 6.34. The molecule has 162 valence electrons. The molecule has 0 fully saturated rings. The first-order valence-corrected chi connectivity index (χ1v) is 9.71. The fourth-order valence-electron chi connectivity index (χ4n) is 2.55. The van der Waals surface area contributed by atoms with Gasteiger partial charge < -0.3 is 20.4 Å². The number of benzene rings is 2. The van der Waals surface area contributed by atoms with Crippen molar-refractivity contribution in [3.8, 4) is 0 Å². The molecule has 1 amide bonds. The third kappa shape index (κ3) is 8.41. The third-order valence-corrected chi connectivity index (χ3v) is 4.64. The van der Waals surface area contributed by atoms with Crippen LogP contribution in [0, 0.1) is 6.92 Å². The molecule has 0 heterocycles. The van der Waals surface area contributed by atoms with Crippen LogP contribution in [0.25, 0.3) is 0 Å². The van der Waals surface area contributed by atoms with Gasteiger partial charge in [-0.05, 0) is 63.3 Å². The minimum absolute atomic E-state index is 0.104. The van der Waals surface area contributed by atoms with E-state index in [9.17, 15) is 4.79 Å². The minimum atomic E-state index is -1.82. The topological polar surface area (TPSA) is 107 Å². The van der Waals surface area contributed by atoms with Gasteiger partial charge in [-0.15, -0.1) is 0 Å². The summed E-state index contributed by atoms with van der Waals surface area (Å²) in [5, 5.41) is 19.0. The van der Waals surface area contributed by atoms with E-state index in [0.29, 0.717) is 15.6 Å². The van der Waals surface area contributed by atoms with E-state index in [1.54, 1.807) is 6.07 Å². The summed E-state index contributed by atoms with van der Waals surface area (Å²) in [7, 11) is 4.03. The summed E-state index contributed by atoms with van der Waals surface area (Å²) in [6.45, 7) is 2.74. The highest BCUT2D eigenvalue weighted by atomic mass is 35.5. The lowest BCUT2D eigenvalue weighted by Gasteiger charge is -2.22. The summed E-state index contributed by atoms with van der Waals surface area (Å²) < 4.78 is 0. The zero-order valence-corrected chi connectivity index (χ0v) is 18.4. The predicted octanol–water partition coefficient (Wildman–Crippen LogP) is 3.88. The Morgan fingerprint density at radius 1 is 1.00 bits per heavy atom. The fourth-order valence-corrected chi connectivity index (χ4v) is 2.99. The van der Waals surface area contributed by atoms with Gasteiger partial charge in [-0.25, -0.2) is 9.59 Å². The van der Waals surface area contributed by atoms with Gasteiger partial charge in [0.15, 0.2) is 0 Å². The van der Waals surface area contributed by atoms with Gasteiger partial charge in [0.25, 0.3) is 5.91 Å². The van der Waals surface area contributed by atoms with E-state index in [1.807, 2.05) is 57.4 Å². The van der Waals surface area contributed by atoms with Crippen LogP contribution in [0.3, 0.4) is 0 Å². The Bertz CT molecular complexity index is 853. The van der Waals surface area contributed by atoms with Crippen molar-refractivity contribution in [1.82, 2.24) is 10.2 Å². The molecule has 2 rings (SSSR count). The van der Waals surface area contributed by atoms with Gasteiger partial charge in [0.2, 0.25) is 0 Å². The molecule has 0 saturated carbocycles. The van der Waals surface area contributed by atoms with Gasteiger partial charge in [-0.2, -0.15) is 0 Å². The van der Waals surface area contributed by atoms with Gasteiger partial charge in [0, 0.05) is 5.02 Å². The number of carbonyl (C=O) groups excluding carboxylic acids is 1. The van der Waals surface area contributed by atoms with Gasteiger partial charge in [-0.3, -0.25) is 4.79 Å². The normalized spacial score (nSPS) is 11.3. The van der Waals surface area contributed by atoms with Gasteiger partial charge in [0.05, 0.1) is 16.6 Å². The lowest BCUT2D eigenvalue weighted by Crippen LogP contribution is -2.31. The number of aliphatic carboxylic acids is 2. The number of nitrogens with one attached hydrogen (secondary N) is 1. The van der Waals surface area contributed by atoms with Crippen LogP contribution in [0.4, 0.5) is 0 Å². The first-order valence-electron chi connectivity index (χ1n) is 8.95. The van der Waals surface area contributed by atoms with Gasteiger partial charge >= 0.3 is 11.9 Å². The second-order valence-electron chi connectivity index (χ2n) is 6.71. The van der Waals surface area contributed by atoms with Crippen LogP contribution >= 0.6 is 23.2 Å². The van der Waals surface area contributed by atoms with Crippen LogP contribution in [-0.2, 0) is 9.59 Å². The van der Waals surface area contributed by atoms with Crippen molar-refractivity contribution < 1.29 is 24.6 Å². The maximum Gasteiger partial charge on any atom is 0.414 e. The maximum absolute atomic E-state index is 12.7. The average Bonchev–Trinajstić information content (AvgIpc) is 2.66. The predicted molar refractivity (Wildman–Crippen MR) is 116 cm³/mol. The lowest BCUT2D eigenvalue weighted by molar-refractivity contribution is -0.159. The molecule has 0 aliphatic heterocycles. The Labute approximate surface area is 185 Å². The quantitative estimate of drug-likeness (QED) is 0.571. The zero-order chi connectivity index (χ0) is 22.8. The van der Waals surface area contributed by atoms with E-state index in [1.165, 1.54) is 0 Å². The molecule has 0 aliphatic rings. The first kappa shape index (κ1) is 25.4. The monoisotopic (exact) mass is 454 g/mol. The standard InChI is InChI=1S/C19H22Cl2N2O.C2H2O4/c1-13-5-4-6-16(21)18(13)19(24)22-17(11-12-23(2)3)14-7-9-15(20)10-8-14;3-1(4)2(5)6/h4-10,17H,11-12H2,1-3H3,(H,22,24);(H,3,4)(H,5,6). The highest BCUT2D eigenvalue weighted by Crippen LogP contribution is 2.23. The number of aryl methyl sites for hydroxylation is 1. The molecule has 1 atom stereocenters. The van der Waals surface area contributed by atoms with E-state index in [-0.39, 0.29) is 11.9 Å². The van der Waals surface area contributed by atoms with Crippen LogP contribution < -0.4 is 5.32 Å². The minimum Gasteiger partial charge on any atom is -0.473 e. The Morgan fingerprint density at radius 2 is 1.57 bits per heavy atom.